The third-order valence-corrected chi connectivity index (χ3v) is 8.62. The molecule has 2 bridgehead atoms. The standard InChI is InChI=1S/C31H26ClNO5/c1-17(28(34)19-10-12-22(32)13-11-19)38-31(37)20-8-5-9-23(14-20)33-29(35)26-21-15-24(18-6-3-2-4-7-18)25(16-21)27(26)30(33)36/h2-14,17,21,24-27H,15-16H2,1H3. The van der Waals surface area contributed by atoms with Gasteiger partial charge in [0.05, 0.1) is 23.1 Å². The first-order valence-electron chi connectivity index (χ1n) is 12.9. The summed E-state index contributed by atoms with van der Waals surface area (Å²) in [5.41, 5.74) is 2.13. The van der Waals surface area contributed by atoms with Crippen LogP contribution >= 0.6 is 11.6 Å². The number of hydrogen-bond acceptors (Lipinski definition) is 5. The van der Waals surface area contributed by atoms with Gasteiger partial charge in [0.15, 0.2) is 6.10 Å². The van der Waals surface area contributed by atoms with Crippen LogP contribution in [0.4, 0.5) is 5.69 Å². The van der Waals surface area contributed by atoms with Gasteiger partial charge in [-0.3, -0.25) is 19.3 Å². The fourth-order valence-electron chi connectivity index (χ4n) is 6.70. The van der Waals surface area contributed by atoms with Crippen LogP contribution in [0.15, 0.2) is 78.9 Å². The molecule has 3 aliphatic rings. The van der Waals surface area contributed by atoms with Gasteiger partial charge in [0.1, 0.15) is 0 Å². The van der Waals surface area contributed by atoms with Gasteiger partial charge in [-0.25, -0.2) is 4.79 Å². The molecule has 7 heteroatoms. The Balaban J connectivity index is 1.19. The van der Waals surface area contributed by atoms with Crippen molar-refractivity contribution in [3.8, 4) is 0 Å². The van der Waals surface area contributed by atoms with Gasteiger partial charge < -0.3 is 4.74 Å². The summed E-state index contributed by atoms with van der Waals surface area (Å²) in [5.74, 6) is -1.47. The number of imide groups is 1. The average Bonchev–Trinajstić information content (AvgIpc) is 3.60. The highest BCUT2D eigenvalue weighted by Crippen LogP contribution is 2.61. The van der Waals surface area contributed by atoms with Crippen molar-refractivity contribution in [1.29, 1.82) is 0 Å². The molecule has 6 atom stereocenters. The van der Waals surface area contributed by atoms with Crippen LogP contribution in [-0.2, 0) is 14.3 Å². The van der Waals surface area contributed by atoms with Gasteiger partial charge in [0.2, 0.25) is 17.6 Å². The average molecular weight is 528 g/mol. The highest BCUT2D eigenvalue weighted by Gasteiger charge is 2.64. The zero-order valence-corrected chi connectivity index (χ0v) is 21.5. The number of Topliss-reactive ketones (excluding diaryl/α,β-unsaturated/α-hetero) is 1. The van der Waals surface area contributed by atoms with Crippen molar-refractivity contribution in [3.63, 3.8) is 0 Å². The summed E-state index contributed by atoms with van der Waals surface area (Å²) in [6, 6.07) is 22.9. The molecule has 1 heterocycles. The maximum atomic E-state index is 13.6. The van der Waals surface area contributed by atoms with E-state index in [1.807, 2.05) is 18.2 Å². The Morgan fingerprint density at radius 2 is 1.58 bits per heavy atom. The molecule has 3 aromatic carbocycles. The number of hydrogen-bond donors (Lipinski definition) is 0. The van der Waals surface area contributed by atoms with E-state index in [0.717, 1.165) is 12.8 Å². The van der Waals surface area contributed by atoms with E-state index in [1.54, 1.807) is 42.5 Å². The van der Waals surface area contributed by atoms with Crippen LogP contribution in [0.5, 0.6) is 0 Å². The fourth-order valence-corrected chi connectivity index (χ4v) is 6.83. The number of carbonyl (C=O) groups excluding carboxylic acids is 4. The Kier molecular flexibility index (Phi) is 6.15. The van der Waals surface area contributed by atoms with Gasteiger partial charge in [0, 0.05) is 10.6 Å². The highest BCUT2D eigenvalue weighted by molar-refractivity contribution is 6.30. The predicted octanol–water partition coefficient (Wildman–Crippen LogP) is 5.70. The summed E-state index contributed by atoms with van der Waals surface area (Å²) in [4.78, 5) is 54.0. The van der Waals surface area contributed by atoms with Gasteiger partial charge >= 0.3 is 5.97 Å². The number of esters is 1. The van der Waals surface area contributed by atoms with Crippen LogP contribution in [-0.4, -0.2) is 29.7 Å². The molecule has 0 radical (unpaired) electrons. The van der Waals surface area contributed by atoms with Gasteiger partial charge in [-0.1, -0.05) is 48.0 Å². The van der Waals surface area contributed by atoms with Crippen molar-refractivity contribution in [2.45, 2.75) is 31.8 Å². The maximum Gasteiger partial charge on any atom is 0.338 e. The normalized spacial score (nSPS) is 26.4. The molecule has 3 aromatic rings. The number of rotatable bonds is 6. The first-order valence-corrected chi connectivity index (χ1v) is 13.2. The SMILES string of the molecule is CC(OC(=O)c1cccc(N2C(=O)C3C4CC(c5ccccc5)C(C4)C3C2=O)c1)C(=O)c1ccc(Cl)cc1. The number of amides is 2. The second kappa shape index (κ2) is 9.52. The number of ether oxygens (including phenoxy) is 1. The fraction of sp³-hybridized carbons (Fsp3) is 0.290. The minimum absolute atomic E-state index is 0.140. The maximum absolute atomic E-state index is 13.6. The summed E-state index contributed by atoms with van der Waals surface area (Å²) < 4.78 is 5.43. The molecule has 2 amide bonds. The number of ketones is 1. The van der Waals surface area contributed by atoms with Gasteiger partial charge in [-0.05, 0) is 85.5 Å². The summed E-state index contributed by atoms with van der Waals surface area (Å²) in [7, 11) is 0. The minimum atomic E-state index is -1.02. The van der Waals surface area contributed by atoms with Crippen molar-refractivity contribution >= 4 is 40.9 Å². The Labute approximate surface area is 225 Å². The Morgan fingerprint density at radius 1 is 0.868 bits per heavy atom. The number of nitrogens with zero attached hydrogens (tertiary/aromatic N) is 1. The van der Waals surface area contributed by atoms with E-state index in [2.05, 4.69) is 12.1 Å². The first kappa shape index (κ1) is 24.6. The number of carbonyl (C=O) groups is 4. The quantitative estimate of drug-likeness (QED) is 0.233. The number of benzene rings is 3. The molecule has 38 heavy (non-hydrogen) atoms. The van der Waals surface area contributed by atoms with Crippen LogP contribution in [0.1, 0.15) is 52.0 Å². The Hall–Kier alpha value is -3.77. The van der Waals surface area contributed by atoms with Crippen molar-refractivity contribution in [2.24, 2.45) is 23.7 Å². The zero-order chi connectivity index (χ0) is 26.6. The second-order valence-electron chi connectivity index (χ2n) is 10.4. The van der Waals surface area contributed by atoms with Crippen LogP contribution in [0.3, 0.4) is 0 Å². The molecule has 1 aliphatic heterocycles. The number of fused-ring (bicyclic) bond motifs is 5. The lowest BCUT2D eigenvalue weighted by Gasteiger charge is -2.28. The summed E-state index contributed by atoms with van der Waals surface area (Å²) in [6.45, 7) is 1.51. The molecule has 2 aliphatic carbocycles. The topological polar surface area (TPSA) is 80.8 Å². The largest absolute Gasteiger partial charge is 0.451 e. The Morgan fingerprint density at radius 3 is 2.32 bits per heavy atom. The van der Waals surface area contributed by atoms with E-state index in [0.29, 0.717) is 16.3 Å². The van der Waals surface area contributed by atoms with E-state index in [4.69, 9.17) is 16.3 Å². The molecule has 192 valence electrons. The Bertz CT molecular complexity index is 1440. The van der Waals surface area contributed by atoms with Crippen molar-refractivity contribution in [3.05, 3.63) is 101 Å². The van der Waals surface area contributed by atoms with Gasteiger partial charge in [-0.2, -0.15) is 0 Å². The molecular formula is C31H26ClNO5. The predicted molar refractivity (Wildman–Crippen MR) is 142 cm³/mol. The molecular weight excluding hydrogens is 502 g/mol. The van der Waals surface area contributed by atoms with E-state index >= 15 is 0 Å². The summed E-state index contributed by atoms with van der Waals surface area (Å²) >= 11 is 5.89. The molecule has 0 spiro atoms. The minimum Gasteiger partial charge on any atom is -0.451 e. The van der Waals surface area contributed by atoms with Crippen LogP contribution in [0, 0.1) is 23.7 Å². The van der Waals surface area contributed by atoms with Crippen molar-refractivity contribution < 1.29 is 23.9 Å². The number of halogens is 1. The van der Waals surface area contributed by atoms with Crippen LogP contribution in [0.2, 0.25) is 5.02 Å². The molecule has 2 saturated carbocycles. The lowest BCUT2D eigenvalue weighted by Crippen LogP contribution is -2.33. The lowest BCUT2D eigenvalue weighted by atomic mass is 9.73. The van der Waals surface area contributed by atoms with E-state index in [1.165, 1.54) is 23.5 Å². The number of anilines is 1. The third kappa shape index (κ3) is 4.04. The third-order valence-electron chi connectivity index (χ3n) is 8.37. The van der Waals surface area contributed by atoms with Crippen LogP contribution in [0.25, 0.3) is 0 Å². The molecule has 6 unspecified atom stereocenters. The summed E-state index contributed by atoms with van der Waals surface area (Å²) in [5, 5.41) is 0.502. The van der Waals surface area contributed by atoms with Crippen molar-refractivity contribution in [1.82, 2.24) is 0 Å². The van der Waals surface area contributed by atoms with E-state index in [-0.39, 0.29) is 52.8 Å². The molecule has 6 nitrogen and oxygen atoms in total. The van der Waals surface area contributed by atoms with Crippen molar-refractivity contribution in [2.75, 3.05) is 4.90 Å². The summed E-state index contributed by atoms with van der Waals surface area (Å²) in [6.07, 6.45) is 0.785. The smallest absolute Gasteiger partial charge is 0.338 e. The molecule has 0 aromatic heterocycles. The monoisotopic (exact) mass is 527 g/mol. The van der Waals surface area contributed by atoms with Crippen LogP contribution < -0.4 is 4.90 Å². The molecule has 6 rings (SSSR count). The van der Waals surface area contributed by atoms with Gasteiger partial charge in [0.25, 0.3) is 0 Å². The molecule has 3 fully saturated rings. The zero-order valence-electron chi connectivity index (χ0n) is 20.8. The molecule has 1 saturated heterocycles. The molecule has 0 N–H and O–H groups in total. The van der Waals surface area contributed by atoms with E-state index < -0.39 is 12.1 Å². The lowest BCUT2D eigenvalue weighted by molar-refractivity contribution is -0.123. The first-order chi connectivity index (χ1) is 18.3. The van der Waals surface area contributed by atoms with Gasteiger partial charge in [-0.15, -0.1) is 0 Å². The second-order valence-corrected chi connectivity index (χ2v) is 10.9. The highest BCUT2D eigenvalue weighted by atomic mass is 35.5. The van der Waals surface area contributed by atoms with E-state index in [9.17, 15) is 19.2 Å².